The number of amides is 1. The molecule has 3 nitrogen and oxygen atoms in total. The predicted octanol–water partition coefficient (Wildman–Crippen LogP) is 4.14. The van der Waals surface area contributed by atoms with Crippen LogP contribution in [0.25, 0.3) is 5.57 Å². The molecular formula is C19H18F3NO2. The zero-order valence-corrected chi connectivity index (χ0v) is 13.6. The number of nitrogens with one attached hydrogen (secondary N) is 1. The summed E-state index contributed by atoms with van der Waals surface area (Å²) in [4.78, 5) is 11.8. The second-order valence-electron chi connectivity index (χ2n) is 5.33. The lowest BCUT2D eigenvalue weighted by Gasteiger charge is -2.12. The van der Waals surface area contributed by atoms with Crippen molar-refractivity contribution < 1.29 is 22.7 Å². The van der Waals surface area contributed by atoms with E-state index in [2.05, 4.69) is 5.32 Å². The van der Waals surface area contributed by atoms with Gasteiger partial charge in [-0.3, -0.25) is 4.79 Å². The highest BCUT2D eigenvalue weighted by molar-refractivity contribution is 5.96. The van der Waals surface area contributed by atoms with Crippen LogP contribution in [0.5, 0.6) is 5.75 Å². The molecule has 0 saturated heterocycles. The summed E-state index contributed by atoms with van der Waals surface area (Å²) in [5, 5.41) is 2.40. The fourth-order valence-corrected chi connectivity index (χ4v) is 2.18. The number of para-hydroxylation sites is 1. The van der Waals surface area contributed by atoms with Gasteiger partial charge >= 0.3 is 6.18 Å². The van der Waals surface area contributed by atoms with Crippen molar-refractivity contribution in [2.45, 2.75) is 13.1 Å². The van der Waals surface area contributed by atoms with E-state index in [1.807, 2.05) is 25.1 Å². The molecule has 0 aliphatic heterocycles. The van der Waals surface area contributed by atoms with E-state index in [1.54, 1.807) is 12.1 Å². The standard InChI is InChI=1S/C19H18F3NO2/c1-14-7-5-6-10-17(14)25-12-11-23-18(24)13-16(19(20,21)22)15-8-3-2-4-9-15/h2-10,13H,11-12H2,1H3,(H,23,24)/b16-13-. The topological polar surface area (TPSA) is 38.3 Å². The van der Waals surface area contributed by atoms with Crippen molar-refractivity contribution in [1.29, 1.82) is 0 Å². The van der Waals surface area contributed by atoms with Crippen molar-refractivity contribution in [2.24, 2.45) is 0 Å². The lowest BCUT2D eigenvalue weighted by atomic mass is 10.1. The highest BCUT2D eigenvalue weighted by Gasteiger charge is 2.35. The molecule has 0 unspecified atom stereocenters. The maximum atomic E-state index is 13.1. The summed E-state index contributed by atoms with van der Waals surface area (Å²) in [5.74, 6) is -0.142. The van der Waals surface area contributed by atoms with Crippen LogP contribution in [0.3, 0.4) is 0 Å². The van der Waals surface area contributed by atoms with Crippen LogP contribution in [0.2, 0.25) is 0 Å². The van der Waals surface area contributed by atoms with E-state index in [9.17, 15) is 18.0 Å². The summed E-state index contributed by atoms with van der Waals surface area (Å²) in [6.45, 7) is 2.15. The summed E-state index contributed by atoms with van der Waals surface area (Å²) >= 11 is 0. The van der Waals surface area contributed by atoms with Gasteiger partial charge in [-0.15, -0.1) is 0 Å². The number of allylic oxidation sites excluding steroid dienone is 1. The second kappa shape index (κ2) is 8.37. The number of carbonyl (C=O) groups is 1. The number of benzene rings is 2. The van der Waals surface area contributed by atoms with Crippen LogP contribution in [-0.4, -0.2) is 25.2 Å². The van der Waals surface area contributed by atoms with Gasteiger partial charge < -0.3 is 10.1 Å². The summed E-state index contributed by atoms with van der Waals surface area (Å²) in [6.07, 6.45) is -4.04. The average molecular weight is 349 g/mol. The molecule has 0 bridgehead atoms. The van der Waals surface area contributed by atoms with Gasteiger partial charge in [-0.2, -0.15) is 13.2 Å². The average Bonchev–Trinajstić information content (AvgIpc) is 2.58. The number of hydrogen-bond acceptors (Lipinski definition) is 2. The van der Waals surface area contributed by atoms with Crippen LogP contribution in [0.15, 0.2) is 60.7 Å². The smallest absolute Gasteiger partial charge is 0.417 e. The van der Waals surface area contributed by atoms with E-state index in [4.69, 9.17) is 4.74 Å². The molecule has 2 rings (SSSR count). The molecule has 0 saturated carbocycles. The Balaban J connectivity index is 1.94. The maximum Gasteiger partial charge on any atom is 0.417 e. The Bertz CT molecular complexity index is 740. The molecule has 0 atom stereocenters. The zero-order chi connectivity index (χ0) is 18.3. The van der Waals surface area contributed by atoms with E-state index in [-0.39, 0.29) is 18.7 Å². The number of alkyl halides is 3. The third kappa shape index (κ3) is 5.67. The lowest BCUT2D eigenvalue weighted by molar-refractivity contribution is -0.117. The summed E-state index contributed by atoms with van der Waals surface area (Å²) in [6, 6.07) is 14.6. The second-order valence-corrected chi connectivity index (χ2v) is 5.33. The van der Waals surface area contributed by atoms with Gasteiger partial charge in [0.05, 0.1) is 12.1 Å². The molecule has 25 heavy (non-hydrogen) atoms. The largest absolute Gasteiger partial charge is 0.491 e. The molecule has 0 aromatic heterocycles. The van der Waals surface area contributed by atoms with Gasteiger partial charge in [0.25, 0.3) is 0 Å². The van der Waals surface area contributed by atoms with Gasteiger partial charge in [0, 0.05) is 6.08 Å². The SMILES string of the molecule is Cc1ccccc1OCCNC(=O)/C=C(/c1ccccc1)C(F)(F)F. The predicted molar refractivity (Wildman–Crippen MR) is 90.2 cm³/mol. The Hall–Kier alpha value is -2.76. The molecule has 6 heteroatoms. The van der Waals surface area contributed by atoms with Crippen molar-refractivity contribution in [3.05, 3.63) is 71.8 Å². The van der Waals surface area contributed by atoms with Crippen LogP contribution in [0.1, 0.15) is 11.1 Å². The van der Waals surface area contributed by atoms with Crippen molar-refractivity contribution in [3.63, 3.8) is 0 Å². The van der Waals surface area contributed by atoms with E-state index in [1.165, 1.54) is 24.3 Å². The number of rotatable bonds is 6. The van der Waals surface area contributed by atoms with E-state index in [0.717, 1.165) is 5.56 Å². The van der Waals surface area contributed by atoms with E-state index in [0.29, 0.717) is 11.8 Å². The molecule has 0 aliphatic rings. The van der Waals surface area contributed by atoms with Gasteiger partial charge in [0.1, 0.15) is 12.4 Å². The van der Waals surface area contributed by atoms with Gasteiger partial charge in [0.2, 0.25) is 5.91 Å². The van der Waals surface area contributed by atoms with Gasteiger partial charge in [0.15, 0.2) is 0 Å². The first-order chi connectivity index (χ1) is 11.9. The Morgan fingerprint density at radius 1 is 1.08 bits per heavy atom. The van der Waals surface area contributed by atoms with Crippen LogP contribution < -0.4 is 10.1 Å². The minimum Gasteiger partial charge on any atom is -0.491 e. The fraction of sp³-hybridized carbons (Fsp3) is 0.211. The Morgan fingerprint density at radius 2 is 1.72 bits per heavy atom. The third-order valence-electron chi connectivity index (χ3n) is 3.42. The molecule has 0 aliphatic carbocycles. The quantitative estimate of drug-likeness (QED) is 0.629. The normalized spacial score (nSPS) is 11.9. The highest BCUT2D eigenvalue weighted by atomic mass is 19.4. The Kier molecular flexibility index (Phi) is 6.22. The lowest BCUT2D eigenvalue weighted by Crippen LogP contribution is -2.27. The minimum atomic E-state index is -4.61. The maximum absolute atomic E-state index is 13.1. The zero-order valence-electron chi connectivity index (χ0n) is 13.6. The van der Waals surface area contributed by atoms with Crippen LogP contribution in [0.4, 0.5) is 13.2 Å². The molecule has 0 fully saturated rings. The van der Waals surface area contributed by atoms with E-state index >= 15 is 0 Å². The van der Waals surface area contributed by atoms with Crippen LogP contribution in [0, 0.1) is 6.92 Å². The summed E-state index contributed by atoms with van der Waals surface area (Å²) in [7, 11) is 0. The first kappa shape index (κ1) is 18.6. The molecule has 2 aromatic carbocycles. The van der Waals surface area contributed by atoms with Gasteiger partial charge in [-0.1, -0.05) is 48.5 Å². The highest BCUT2D eigenvalue weighted by Crippen LogP contribution is 2.33. The summed E-state index contributed by atoms with van der Waals surface area (Å²) in [5.41, 5.74) is -0.0936. The molecule has 132 valence electrons. The Morgan fingerprint density at radius 3 is 2.36 bits per heavy atom. The van der Waals surface area contributed by atoms with E-state index < -0.39 is 17.7 Å². The first-order valence-corrected chi connectivity index (χ1v) is 7.68. The monoisotopic (exact) mass is 349 g/mol. The van der Waals surface area contributed by atoms with Gasteiger partial charge in [-0.05, 0) is 24.1 Å². The number of aryl methyl sites for hydroxylation is 1. The van der Waals surface area contributed by atoms with Crippen molar-refractivity contribution >= 4 is 11.5 Å². The van der Waals surface area contributed by atoms with Crippen LogP contribution in [-0.2, 0) is 4.79 Å². The van der Waals surface area contributed by atoms with Crippen molar-refractivity contribution in [1.82, 2.24) is 5.32 Å². The molecule has 0 radical (unpaired) electrons. The molecule has 2 aromatic rings. The number of halogens is 3. The number of hydrogen-bond donors (Lipinski definition) is 1. The molecule has 0 spiro atoms. The number of carbonyl (C=O) groups excluding carboxylic acids is 1. The van der Waals surface area contributed by atoms with Crippen molar-refractivity contribution in [2.75, 3.05) is 13.2 Å². The summed E-state index contributed by atoms with van der Waals surface area (Å²) < 4.78 is 44.9. The molecule has 1 N–H and O–H groups in total. The van der Waals surface area contributed by atoms with Crippen LogP contribution >= 0.6 is 0 Å². The molecule has 0 heterocycles. The third-order valence-corrected chi connectivity index (χ3v) is 3.42. The fourth-order valence-electron chi connectivity index (χ4n) is 2.18. The van der Waals surface area contributed by atoms with Gasteiger partial charge in [-0.25, -0.2) is 0 Å². The number of ether oxygens (including phenoxy) is 1. The van der Waals surface area contributed by atoms with Crippen molar-refractivity contribution in [3.8, 4) is 5.75 Å². The molecular weight excluding hydrogens is 331 g/mol. The molecule has 1 amide bonds. The minimum absolute atomic E-state index is 0.0543. The Labute approximate surface area is 144 Å². The first-order valence-electron chi connectivity index (χ1n) is 7.68.